The lowest BCUT2D eigenvalue weighted by molar-refractivity contribution is -0.118. The summed E-state index contributed by atoms with van der Waals surface area (Å²) in [6.07, 6.45) is 1.77. The molecule has 0 aliphatic carbocycles. The van der Waals surface area contributed by atoms with Crippen molar-refractivity contribution in [3.63, 3.8) is 0 Å². The van der Waals surface area contributed by atoms with Gasteiger partial charge < -0.3 is 16.0 Å². The van der Waals surface area contributed by atoms with Crippen LogP contribution in [0.1, 0.15) is 25.3 Å². The van der Waals surface area contributed by atoms with Crippen molar-refractivity contribution < 1.29 is 22.8 Å². The first-order valence-electron chi connectivity index (χ1n) is 8.94. The monoisotopic (exact) mass is 393 g/mol. The van der Waals surface area contributed by atoms with E-state index < -0.39 is 41.1 Å². The van der Waals surface area contributed by atoms with Crippen molar-refractivity contribution in [3.05, 3.63) is 65.5 Å². The Labute approximate surface area is 161 Å². The van der Waals surface area contributed by atoms with Gasteiger partial charge in [-0.15, -0.1) is 0 Å². The first-order chi connectivity index (χ1) is 13.4. The fourth-order valence-corrected chi connectivity index (χ4v) is 2.52. The van der Waals surface area contributed by atoms with E-state index in [0.717, 1.165) is 18.4 Å². The quantitative estimate of drug-likeness (QED) is 0.598. The summed E-state index contributed by atoms with van der Waals surface area (Å²) in [5.74, 6) is -4.39. The minimum atomic E-state index is -1.24. The topological polar surface area (TPSA) is 70.2 Å². The van der Waals surface area contributed by atoms with Gasteiger partial charge in [0, 0.05) is 25.1 Å². The normalized spacial score (nSPS) is 11.6. The Morgan fingerprint density at radius 2 is 1.68 bits per heavy atom. The molecule has 0 saturated carbocycles. The summed E-state index contributed by atoms with van der Waals surface area (Å²) >= 11 is 0. The molecule has 1 atom stereocenters. The third kappa shape index (κ3) is 6.29. The Bertz CT molecular complexity index is 793. The zero-order valence-corrected chi connectivity index (χ0v) is 15.4. The second kappa shape index (κ2) is 10.3. The molecule has 0 bridgehead atoms. The van der Waals surface area contributed by atoms with Gasteiger partial charge in [-0.3, -0.25) is 4.79 Å². The van der Waals surface area contributed by atoms with E-state index in [2.05, 4.69) is 16.0 Å². The Morgan fingerprint density at radius 1 is 1.04 bits per heavy atom. The highest BCUT2D eigenvalue weighted by Gasteiger charge is 2.24. The fraction of sp³-hybridized carbons (Fsp3) is 0.300. The van der Waals surface area contributed by atoms with Crippen molar-refractivity contribution >= 4 is 17.6 Å². The molecule has 2 rings (SSSR count). The summed E-state index contributed by atoms with van der Waals surface area (Å²) in [7, 11) is 0. The molecular weight excluding hydrogens is 371 g/mol. The van der Waals surface area contributed by atoms with E-state index in [4.69, 9.17) is 0 Å². The molecule has 0 aliphatic rings. The molecule has 5 nitrogen and oxygen atoms in total. The van der Waals surface area contributed by atoms with Crippen molar-refractivity contribution in [2.45, 2.75) is 32.2 Å². The number of urea groups is 1. The summed E-state index contributed by atoms with van der Waals surface area (Å²) < 4.78 is 40.7. The first-order valence-corrected chi connectivity index (χ1v) is 8.94. The summed E-state index contributed by atoms with van der Waals surface area (Å²) in [5, 5.41) is 7.24. The van der Waals surface area contributed by atoms with Gasteiger partial charge in [0.2, 0.25) is 5.91 Å². The molecule has 0 spiro atoms. The number of nitrogens with one attached hydrogen (secondary N) is 3. The van der Waals surface area contributed by atoms with Gasteiger partial charge in [-0.2, -0.15) is 0 Å². The van der Waals surface area contributed by atoms with E-state index in [9.17, 15) is 22.8 Å². The SMILES string of the molecule is CCCCNC(=O)N[C@@H](Cc1ccccc1)C(=O)Nc1c(F)cc(F)cc1F. The highest BCUT2D eigenvalue weighted by Crippen LogP contribution is 2.20. The molecule has 150 valence electrons. The zero-order chi connectivity index (χ0) is 20.5. The van der Waals surface area contributed by atoms with Crippen LogP contribution in [0.5, 0.6) is 0 Å². The molecule has 0 aromatic heterocycles. The molecular formula is C20H22F3N3O2. The molecule has 2 aromatic carbocycles. The number of hydrogen-bond acceptors (Lipinski definition) is 2. The lowest BCUT2D eigenvalue weighted by Gasteiger charge is -2.19. The van der Waals surface area contributed by atoms with Crippen molar-refractivity contribution in [2.24, 2.45) is 0 Å². The van der Waals surface area contributed by atoms with Gasteiger partial charge in [0.1, 0.15) is 17.5 Å². The highest BCUT2D eigenvalue weighted by atomic mass is 19.1. The van der Waals surface area contributed by atoms with Crippen LogP contribution < -0.4 is 16.0 Å². The van der Waals surface area contributed by atoms with Crippen LogP contribution in [0.25, 0.3) is 0 Å². The van der Waals surface area contributed by atoms with Crippen molar-refractivity contribution in [1.29, 1.82) is 0 Å². The largest absolute Gasteiger partial charge is 0.338 e. The number of benzene rings is 2. The van der Waals surface area contributed by atoms with Gasteiger partial charge >= 0.3 is 6.03 Å². The Kier molecular flexibility index (Phi) is 7.86. The van der Waals surface area contributed by atoms with Crippen LogP contribution >= 0.6 is 0 Å². The fourth-order valence-electron chi connectivity index (χ4n) is 2.52. The van der Waals surface area contributed by atoms with E-state index in [0.29, 0.717) is 18.7 Å². The maximum absolute atomic E-state index is 13.8. The van der Waals surface area contributed by atoms with Crippen molar-refractivity contribution in [1.82, 2.24) is 10.6 Å². The number of amides is 3. The maximum atomic E-state index is 13.8. The molecule has 0 fully saturated rings. The van der Waals surface area contributed by atoms with Gasteiger partial charge in [0.15, 0.2) is 11.6 Å². The van der Waals surface area contributed by atoms with E-state index >= 15 is 0 Å². The zero-order valence-electron chi connectivity index (χ0n) is 15.4. The number of unbranched alkanes of at least 4 members (excludes halogenated alkanes) is 1. The van der Waals surface area contributed by atoms with E-state index in [-0.39, 0.29) is 6.42 Å². The standard InChI is InChI=1S/C20H22F3N3O2/c1-2-3-9-24-20(28)25-17(10-13-7-5-4-6-8-13)19(27)26-18-15(22)11-14(21)12-16(18)23/h4-8,11-12,17H,2-3,9-10H2,1H3,(H,26,27)(H2,24,25,28)/t17-/m0/s1. The molecule has 3 N–H and O–H groups in total. The molecule has 0 saturated heterocycles. The number of hydrogen-bond donors (Lipinski definition) is 3. The summed E-state index contributed by atoms with van der Waals surface area (Å²) in [6.45, 7) is 2.40. The smallest absolute Gasteiger partial charge is 0.315 e. The van der Waals surface area contributed by atoms with E-state index in [1.165, 1.54) is 0 Å². The molecule has 0 heterocycles. The highest BCUT2D eigenvalue weighted by molar-refractivity contribution is 5.97. The average Bonchev–Trinajstić information content (AvgIpc) is 2.65. The lowest BCUT2D eigenvalue weighted by Crippen LogP contribution is -2.49. The minimum absolute atomic E-state index is 0.109. The van der Waals surface area contributed by atoms with Crippen LogP contribution in [0.15, 0.2) is 42.5 Å². The predicted octanol–water partition coefficient (Wildman–Crippen LogP) is 3.75. The predicted molar refractivity (Wildman–Crippen MR) is 100 cm³/mol. The molecule has 28 heavy (non-hydrogen) atoms. The van der Waals surface area contributed by atoms with Gasteiger partial charge in [-0.1, -0.05) is 43.7 Å². The Hall–Kier alpha value is -3.03. The summed E-state index contributed by atoms with van der Waals surface area (Å²) in [5.41, 5.74) is -0.0192. The van der Waals surface area contributed by atoms with Gasteiger partial charge in [-0.25, -0.2) is 18.0 Å². The average molecular weight is 393 g/mol. The van der Waals surface area contributed by atoms with Gasteiger partial charge in [-0.05, 0) is 12.0 Å². The van der Waals surface area contributed by atoms with Crippen LogP contribution in [0.2, 0.25) is 0 Å². The van der Waals surface area contributed by atoms with Crippen LogP contribution in [0.4, 0.5) is 23.7 Å². The van der Waals surface area contributed by atoms with Crippen LogP contribution in [-0.4, -0.2) is 24.5 Å². The van der Waals surface area contributed by atoms with Crippen LogP contribution in [-0.2, 0) is 11.2 Å². The van der Waals surface area contributed by atoms with Gasteiger partial charge in [0.25, 0.3) is 0 Å². The molecule has 8 heteroatoms. The van der Waals surface area contributed by atoms with E-state index in [1.54, 1.807) is 30.3 Å². The number of anilines is 1. The molecule has 3 amide bonds. The first kappa shape index (κ1) is 21.3. The van der Waals surface area contributed by atoms with Crippen LogP contribution in [0, 0.1) is 17.5 Å². The van der Waals surface area contributed by atoms with Crippen LogP contribution in [0.3, 0.4) is 0 Å². The number of rotatable bonds is 8. The van der Waals surface area contributed by atoms with Crippen molar-refractivity contribution in [2.75, 3.05) is 11.9 Å². The molecule has 0 unspecified atom stereocenters. The molecule has 0 radical (unpaired) electrons. The minimum Gasteiger partial charge on any atom is -0.338 e. The Morgan fingerprint density at radius 3 is 2.29 bits per heavy atom. The summed E-state index contributed by atoms with van der Waals surface area (Å²) in [6, 6.07) is 8.14. The van der Waals surface area contributed by atoms with E-state index in [1.807, 2.05) is 6.92 Å². The number of carbonyl (C=O) groups is 2. The molecule has 0 aliphatic heterocycles. The molecule has 2 aromatic rings. The lowest BCUT2D eigenvalue weighted by atomic mass is 10.1. The second-order valence-electron chi connectivity index (χ2n) is 6.23. The third-order valence-corrected chi connectivity index (χ3v) is 3.98. The maximum Gasteiger partial charge on any atom is 0.315 e. The third-order valence-electron chi connectivity index (χ3n) is 3.98. The Balaban J connectivity index is 2.15. The summed E-state index contributed by atoms with van der Waals surface area (Å²) in [4.78, 5) is 24.6. The number of carbonyl (C=O) groups excluding carboxylic acids is 2. The van der Waals surface area contributed by atoms with Crippen molar-refractivity contribution in [3.8, 4) is 0 Å². The second-order valence-corrected chi connectivity index (χ2v) is 6.23. The van der Waals surface area contributed by atoms with Gasteiger partial charge in [0.05, 0.1) is 0 Å². The number of halogens is 3.